The topological polar surface area (TPSA) is 41.6 Å². The van der Waals surface area contributed by atoms with E-state index in [0.717, 1.165) is 25.9 Å². The first-order valence-electron chi connectivity index (χ1n) is 7.63. The van der Waals surface area contributed by atoms with Crippen LogP contribution in [-0.2, 0) is 4.79 Å². The first kappa shape index (κ1) is 17.0. The summed E-state index contributed by atoms with van der Waals surface area (Å²) in [6.07, 6.45) is 3.70. The monoisotopic (exact) mass is 328 g/mol. The van der Waals surface area contributed by atoms with Crippen LogP contribution in [0.1, 0.15) is 25.7 Å². The number of amides is 1. The van der Waals surface area contributed by atoms with Crippen molar-refractivity contribution in [3.05, 3.63) is 30.1 Å². The van der Waals surface area contributed by atoms with Crippen LogP contribution in [0.3, 0.4) is 0 Å². The molecule has 0 radical (unpaired) electrons. The van der Waals surface area contributed by atoms with Gasteiger partial charge in [-0.2, -0.15) is 0 Å². The molecule has 1 aromatic carbocycles. The maximum atomic E-state index is 13.4. The lowest BCUT2D eigenvalue weighted by Gasteiger charge is -2.24. The molecule has 2 atom stereocenters. The third kappa shape index (κ3) is 4.11. The predicted molar refractivity (Wildman–Crippen MR) is 84.9 cm³/mol. The van der Waals surface area contributed by atoms with Gasteiger partial charge in [0.15, 0.2) is 11.6 Å². The van der Waals surface area contributed by atoms with Gasteiger partial charge in [-0.25, -0.2) is 4.39 Å². The number of halogens is 2. The molecule has 1 aromatic rings. The molecule has 0 aromatic heterocycles. The van der Waals surface area contributed by atoms with Crippen molar-refractivity contribution in [2.45, 2.75) is 37.8 Å². The summed E-state index contributed by atoms with van der Waals surface area (Å²) >= 11 is 0. The van der Waals surface area contributed by atoms with Gasteiger partial charge in [0.2, 0.25) is 5.91 Å². The summed E-state index contributed by atoms with van der Waals surface area (Å²) in [4.78, 5) is 14.1. The van der Waals surface area contributed by atoms with Gasteiger partial charge in [-0.1, -0.05) is 12.1 Å². The fourth-order valence-electron chi connectivity index (χ4n) is 3.14. The Balaban J connectivity index is 0.00000176. The fourth-order valence-corrected chi connectivity index (χ4v) is 3.14. The Morgan fingerprint density at radius 2 is 2.05 bits per heavy atom. The normalized spacial score (nSPS) is 23.6. The van der Waals surface area contributed by atoms with Crippen LogP contribution in [0, 0.1) is 5.82 Å². The number of hydrogen-bond acceptors (Lipinski definition) is 3. The quantitative estimate of drug-likeness (QED) is 0.922. The van der Waals surface area contributed by atoms with Gasteiger partial charge in [0, 0.05) is 25.2 Å². The lowest BCUT2D eigenvalue weighted by atomic mass is 10.1. The molecule has 2 aliphatic heterocycles. The van der Waals surface area contributed by atoms with Crippen LogP contribution in [-0.4, -0.2) is 42.6 Å². The van der Waals surface area contributed by atoms with Gasteiger partial charge in [0.25, 0.3) is 0 Å². The van der Waals surface area contributed by atoms with Crippen LogP contribution in [0.25, 0.3) is 0 Å². The molecule has 3 rings (SSSR count). The number of para-hydroxylation sites is 1. The van der Waals surface area contributed by atoms with E-state index in [2.05, 4.69) is 5.32 Å². The highest BCUT2D eigenvalue weighted by Gasteiger charge is 2.30. The number of rotatable bonds is 4. The minimum absolute atomic E-state index is 0. The summed E-state index contributed by atoms with van der Waals surface area (Å²) in [6, 6.07) is 7.28. The number of benzene rings is 1. The van der Waals surface area contributed by atoms with Crippen molar-refractivity contribution in [2.75, 3.05) is 19.7 Å². The Morgan fingerprint density at radius 1 is 1.27 bits per heavy atom. The highest BCUT2D eigenvalue weighted by molar-refractivity contribution is 5.85. The molecule has 2 heterocycles. The number of hydrogen-bond donors (Lipinski definition) is 1. The minimum atomic E-state index is -0.388. The average molecular weight is 329 g/mol. The lowest BCUT2D eigenvalue weighted by molar-refractivity contribution is -0.132. The zero-order chi connectivity index (χ0) is 14.7. The fraction of sp³-hybridized carbons (Fsp3) is 0.562. The summed E-state index contributed by atoms with van der Waals surface area (Å²) in [5, 5.41) is 3.55. The molecule has 4 nitrogen and oxygen atoms in total. The number of nitrogens with zero attached hydrogens (tertiary/aromatic N) is 1. The van der Waals surface area contributed by atoms with E-state index in [-0.39, 0.29) is 36.5 Å². The van der Waals surface area contributed by atoms with Crippen molar-refractivity contribution in [1.82, 2.24) is 10.2 Å². The van der Waals surface area contributed by atoms with E-state index in [1.165, 1.54) is 12.5 Å². The van der Waals surface area contributed by atoms with Crippen LogP contribution in [0.4, 0.5) is 4.39 Å². The maximum absolute atomic E-state index is 13.4. The van der Waals surface area contributed by atoms with Gasteiger partial charge in [0.1, 0.15) is 0 Å². The van der Waals surface area contributed by atoms with Crippen molar-refractivity contribution in [3.8, 4) is 5.75 Å². The molecular weight excluding hydrogens is 307 g/mol. The van der Waals surface area contributed by atoms with Gasteiger partial charge in [0.05, 0.1) is 13.0 Å². The lowest BCUT2D eigenvalue weighted by Crippen LogP contribution is -2.39. The average Bonchev–Trinajstić information content (AvgIpc) is 2.80. The summed E-state index contributed by atoms with van der Waals surface area (Å²) in [5.74, 6) is -0.0798. The molecule has 2 unspecified atom stereocenters. The summed E-state index contributed by atoms with van der Waals surface area (Å²) in [7, 11) is 0. The van der Waals surface area contributed by atoms with Gasteiger partial charge in [-0.05, 0) is 31.4 Å². The van der Waals surface area contributed by atoms with Crippen LogP contribution < -0.4 is 10.1 Å². The number of ether oxygens (including phenoxy) is 1. The van der Waals surface area contributed by atoms with Crippen molar-refractivity contribution in [1.29, 1.82) is 0 Å². The molecule has 0 spiro atoms. The number of fused-ring (bicyclic) bond motifs is 2. The third-order valence-corrected chi connectivity index (χ3v) is 4.29. The van der Waals surface area contributed by atoms with Gasteiger partial charge in [-0.15, -0.1) is 12.4 Å². The molecular formula is C16H22ClFN2O2. The predicted octanol–water partition coefficient (Wildman–Crippen LogP) is 2.37. The molecule has 6 heteroatoms. The molecule has 2 bridgehead atoms. The van der Waals surface area contributed by atoms with E-state index < -0.39 is 0 Å². The Hall–Kier alpha value is -1.33. The summed E-state index contributed by atoms with van der Waals surface area (Å²) < 4.78 is 18.7. The van der Waals surface area contributed by atoms with Crippen LogP contribution in [0.15, 0.2) is 24.3 Å². The van der Waals surface area contributed by atoms with E-state index >= 15 is 0 Å². The van der Waals surface area contributed by atoms with E-state index in [4.69, 9.17) is 4.74 Å². The van der Waals surface area contributed by atoms with Crippen molar-refractivity contribution in [3.63, 3.8) is 0 Å². The van der Waals surface area contributed by atoms with E-state index in [1.807, 2.05) is 4.90 Å². The largest absolute Gasteiger partial charge is 0.490 e. The van der Waals surface area contributed by atoms with Gasteiger partial charge < -0.3 is 15.0 Å². The SMILES string of the molecule is Cl.O=C(CCOc1ccccc1F)N1CCC2CCC(C1)N2. The number of carbonyl (C=O) groups is 1. The van der Waals surface area contributed by atoms with Crippen LogP contribution >= 0.6 is 12.4 Å². The molecule has 1 N–H and O–H groups in total. The van der Waals surface area contributed by atoms with Gasteiger partial charge >= 0.3 is 0 Å². The zero-order valence-electron chi connectivity index (χ0n) is 12.5. The molecule has 2 fully saturated rings. The Bertz CT molecular complexity index is 515. The molecule has 2 saturated heterocycles. The van der Waals surface area contributed by atoms with Gasteiger partial charge in [-0.3, -0.25) is 4.79 Å². The highest BCUT2D eigenvalue weighted by atomic mass is 35.5. The van der Waals surface area contributed by atoms with Crippen molar-refractivity contribution >= 4 is 18.3 Å². The van der Waals surface area contributed by atoms with E-state index in [9.17, 15) is 9.18 Å². The first-order valence-corrected chi connectivity index (χ1v) is 7.63. The molecule has 0 aliphatic carbocycles. The van der Waals surface area contributed by atoms with Crippen molar-refractivity contribution in [2.24, 2.45) is 0 Å². The Morgan fingerprint density at radius 3 is 2.86 bits per heavy atom. The zero-order valence-corrected chi connectivity index (χ0v) is 13.3. The maximum Gasteiger partial charge on any atom is 0.226 e. The number of carbonyl (C=O) groups excluding carboxylic acids is 1. The second kappa shape index (κ2) is 7.79. The number of nitrogens with one attached hydrogen (secondary N) is 1. The van der Waals surface area contributed by atoms with Crippen LogP contribution in [0.5, 0.6) is 5.75 Å². The minimum Gasteiger partial charge on any atom is -0.490 e. The second-order valence-corrected chi connectivity index (χ2v) is 5.80. The molecule has 122 valence electrons. The highest BCUT2D eigenvalue weighted by Crippen LogP contribution is 2.21. The molecule has 22 heavy (non-hydrogen) atoms. The third-order valence-electron chi connectivity index (χ3n) is 4.29. The summed E-state index contributed by atoms with van der Waals surface area (Å²) in [6.45, 7) is 1.82. The summed E-state index contributed by atoms with van der Waals surface area (Å²) in [5.41, 5.74) is 0. The van der Waals surface area contributed by atoms with Crippen molar-refractivity contribution < 1.29 is 13.9 Å². The number of likely N-dealkylation sites (tertiary alicyclic amines) is 1. The Labute approximate surface area is 136 Å². The Kier molecular flexibility index (Phi) is 6.03. The molecule has 1 amide bonds. The standard InChI is InChI=1S/C16H21FN2O2.ClH/c17-14-3-1-2-4-15(14)21-10-8-16(20)19-9-7-12-5-6-13(11-19)18-12;/h1-4,12-13,18H,5-11H2;1H. The smallest absolute Gasteiger partial charge is 0.226 e. The second-order valence-electron chi connectivity index (χ2n) is 5.80. The molecule has 0 saturated carbocycles. The molecule has 2 aliphatic rings. The van der Waals surface area contributed by atoms with E-state index in [0.29, 0.717) is 18.5 Å². The van der Waals surface area contributed by atoms with E-state index in [1.54, 1.807) is 18.2 Å². The first-order chi connectivity index (χ1) is 10.2. The van der Waals surface area contributed by atoms with Crippen LogP contribution in [0.2, 0.25) is 0 Å².